The number of hydrogen-bond donors (Lipinski definition) is 1. The molecule has 1 amide bonds. The molecule has 1 heterocycles. The Balaban J connectivity index is 1.86. The molecule has 3 rings (SSSR count). The third kappa shape index (κ3) is 2.91. The standard InChI is InChI=1S/C18H17N3O/c1-13-7-6-8-15(11-13)19-18(22)17-14(2)12-21(20-17)16-9-4-3-5-10-16/h3-12H,1-2H3,(H,19,22). The molecule has 1 N–H and O–H groups in total. The van der Waals surface area contributed by atoms with Crippen molar-refractivity contribution in [2.45, 2.75) is 13.8 Å². The van der Waals surface area contributed by atoms with Crippen LogP contribution in [0.15, 0.2) is 60.8 Å². The molecule has 0 radical (unpaired) electrons. The van der Waals surface area contributed by atoms with Gasteiger partial charge in [0.05, 0.1) is 5.69 Å². The summed E-state index contributed by atoms with van der Waals surface area (Å²) < 4.78 is 1.72. The fourth-order valence-electron chi connectivity index (χ4n) is 2.31. The lowest BCUT2D eigenvalue weighted by Crippen LogP contribution is -2.14. The molecular weight excluding hydrogens is 274 g/mol. The van der Waals surface area contributed by atoms with E-state index >= 15 is 0 Å². The fraction of sp³-hybridized carbons (Fsp3) is 0.111. The first-order valence-electron chi connectivity index (χ1n) is 7.13. The van der Waals surface area contributed by atoms with Crippen LogP contribution < -0.4 is 5.32 Å². The molecule has 2 aromatic carbocycles. The van der Waals surface area contributed by atoms with Gasteiger partial charge in [-0.25, -0.2) is 4.68 Å². The number of para-hydroxylation sites is 1. The number of aromatic nitrogens is 2. The van der Waals surface area contributed by atoms with Gasteiger partial charge < -0.3 is 5.32 Å². The lowest BCUT2D eigenvalue weighted by molar-refractivity contribution is 0.102. The Kier molecular flexibility index (Phi) is 3.74. The van der Waals surface area contributed by atoms with E-state index in [2.05, 4.69) is 10.4 Å². The molecule has 0 aliphatic rings. The Hall–Kier alpha value is -2.88. The molecule has 0 unspecified atom stereocenters. The van der Waals surface area contributed by atoms with Crippen molar-refractivity contribution < 1.29 is 4.79 Å². The summed E-state index contributed by atoms with van der Waals surface area (Å²) in [6.45, 7) is 3.88. The molecule has 0 bridgehead atoms. The second kappa shape index (κ2) is 5.85. The van der Waals surface area contributed by atoms with Crippen LogP contribution in [0.5, 0.6) is 0 Å². The van der Waals surface area contributed by atoms with Gasteiger partial charge >= 0.3 is 0 Å². The monoisotopic (exact) mass is 291 g/mol. The van der Waals surface area contributed by atoms with Gasteiger partial charge in [-0.3, -0.25) is 4.79 Å². The highest BCUT2D eigenvalue weighted by atomic mass is 16.2. The predicted octanol–water partition coefficient (Wildman–Crippen LogP) is 3.74. The van der Waals surface area contributed by atoms with Gasteiger partial charge in [-0.2, -0.15) is 5.10 Å². The van der Waals surface area contributed by atoms with Crippen LogP contribution in [0.4, 0.5) is 5.69 Å². The Morgan fingerprint density at radius 3 is 2.55 bits per heavy atom. The maximum Gasteiger partial charge on any atom is 0.276 e. The van der Waals surface area contributed by atoms with Crippen LogP contribution in [0.2, 0.25) is 0 Å². The molecule has 1 aromatic heterocycles. The van der Waals surface area contributed by atoms with Crippen molar-refractivity contribution in [2.24, 2.45) is 0 Å². The lowest BCUT2D eigenvalue weighted by Gasteiger charge is -2.04. The van der Waals surface area contributed by atoms with Gasteiger partial charge in [-0.05, 0) is 43.7 Å². The Bertz CT molecular complexity index is 806. The summed E-state index contributed by atoms with van der Waals surface area (Å²) in [6, 6.07) is 17.5. The summed E-state index contributed by atoms with van der Waals surface area (Å²) in [5.74, 6) is -0.196. The fourth-order valence-corrected chi connectivity index (χ4v) is 2.31. The van der Waals surface area contributed by atoms with E-state index in [9.17, 15) is 4.79 Å². The van der Waals surface area contributed by atoms with Gasteiger partial charge in [-0.1, -0.05) is 30.3 Å². The van der Waals surface area contributed by atoms with Crippen molar-refractivity contribution in [3.05, 3.63) is 77.6 Å². The summed E-state index contributed by atoms with van der Waals surface area (Å²) >= 11 is 0. The van der Waals surface area contributed by atoms with E-state index in [1.54, 1.807) is 4.68 Å². The van der Waals surface area contributed by atoms with Gasteiger partial charge in [0.2, 0.25) is 0 Å². The number of hydrogen-bond acceptors (Lipinski definition) is 2. The molecule has 0 saturated heterocycles. The number of carbonyl (C=O) groups excluding carboxylic acids is 1. The van der Waals surface area contributed by atoms with Crippen LogP contribution in [0.25, 0.3) is 5.69 Å². The number of benzene rings is 2. The zero-order valence-corrected chi connectivity index (χ0v) is 12.6. The minimum absolute atomic E-state index is 0.196. The summed E-state index contributed by atoms with van der Waals surface area (Å²) in [7, 11) is 0. The van der Waals surface area contributed by atoms with Crippen LogP contribution in [0.1, 0.15) is 21.6 Å². The number of rotatable bonds is 3. The second-order valence-corrected chi connectivity index (χ2v) is 5.26. The maximum atomic E-state index is 12.4. The molecule has 0 fully saturated rings. The number of nitrogens with one attached hydrogen (secondary N) is 1. The normalized spacial score (nSPS) is 10.5. The Morgan fingerprint density at radius 2 is 1.82 bits per heavy atom. The SMILES string of the molecule is Cc1cccc(NC(=O)c2nn(-c3ccccc3)cc2C)c1. The highest BCUT2D eigenvalue weighted by molar-refractivity contribution is 6.03. The minimum Gasteiger partial charge on any atom is -0.321 e. The predicted molar refractivity (Wildman–Crippen MR) is 87.4 cm³/mol. The van der Waals surface area contributed by atoms with E-state index in [-0.39, 0.29) is 5.91 Å². The molecule has 110 valence electrons. The number of nitrogens with zero attached hydrogens (tertiary/aromatic N) is 2. The minimum atomic E-state index is -0.196. The lowest BCUT2D eigenvalue weighted by atomic mass is 10.2. The largest absolute Gasteiger partial charge is 0.321 e. The molecule has 0 aliphatic heterocycles. The average Bonchev–Trinajstić information content (AvgIpc) is 2.90. The van der Waals surface area contributed by atoms with E-state index in [4.69, 9.17) is 0 Å². The van der Waals surface area contributed by atoms with Crippen molar-refractivity contribution in [3.63, 3.8) is 0 Å². The quantitative estimate of drug-likeness (QED) is 0.799. The highest BCUT2D eigenvalue weighted by Crippen LogP contribution is 2.15. The van der Waals surface area contributed by atoms with Crippen LogP contribution in [0, 0.1) is 13.8 Å². The molecule has 22 heavy (non-hydrogen) atoms. The van der Waals surface area contributed by atoms with Crippen molar-refractivity contribution in [1.29, 1.82) is 0 Å². The third-order valence-corrected chi connectivity index (χ3v) is 3.41. The first-order chi connectivity index (χ1) is 10.6. The number of anilines is 1. The molecular formula is C18H17N3O. The van der Waals surface area contributed by atoms with E-state index in [1.807, 2.05) is 74.6 Å². The van der Waals surface area contributed by atoms with Crippen LogP contribution in [0.3, 0.4) is 0 Å². The van der Waals surface area contributed by atoms with Crippen molar-refractivity contribution >= 4 is 11.6 Å². The van der Waals surface area contributed by atoms with E-state index < -0.39 is 0 Å². The van der Waals surface area contributed by atoms with Crippen molar-refractivity contribution in [3.8, 4) is 5.69 Å². The van der Waals surface area contributed by atoms with E-state index in [0.717, 1.165) is 22.5 Å². The number of carbonyl (C=O) groups is 1. The maximum absolute atomic E-state index is 12.4. The number of aryl methyl sites for hydroxylation is 2. The van der Waals surface area contributed by atoms with E-state index in [0.29, 0.717) is 5.69 Å². The molecule has 0 atom stereocenters. The summed E-state index contributed by atoms with van der Waals surface area (Å²) in [6.07, 6.45) is 1.86. The van der Waals surface area contributed by atoms with Crippen LogP contribution >= 0.6 is 0 Å². The number of amides is 1. The topological polar surface area (TPSA) is 46.9 Å². The second-order valence-electron chi connectivity index (χ2n) is 5.26. The van der Waals surface area contributed by atoms with Crippen LogP contribution in [-0.4, -0.2) is 15.7 Å². The molecule has 0 spiro atoms. The third-order valence-electron chi connectivity index (χ3n) is 3.41. The molecule has 3 aromatic rings. The smallest absolute Gasteiger partial charge is 0.276 e. The van der Waals surface area contributed by atoms with Gasteiger partial charge in [0.15, 0.2) is 5.69 Å². The highest BCUT2D eigenvalue weighted by Gasteiger charge is 2.14. The van der Waals surface area contributed by atoms with Crippen molar-refractivity contribution in [2.75, 3.05) is 5.32 Å². The van der Waals surface area contributed by atoms with E-state index in [1.165, 1.54) is 0 Å². The van der Waals surface area contributed by atoms with Gasteiger partial charge in [0.1, 0.15) is 0 Å². The Morgan fingerprint density at radius 1 is 1.05 bits per heavy atom. The molecule has 0 aliphatic carbocycles. The zero-order chi connectivity index (χ0) is 15.5. The summed E-state index contributed by atoms with van der Waals surface area (Å²) in [5, 5.41) is 7.29. The average molecular weight is 291 g/mol. The summed E-state index contributed by atoms with van der Waals surface area (Å²) in [5.41, 5.74) is 4.09. The molecule has 0 saturated carbocycles. The first kappa shape index (κ1) is 14.1. The first-order valence-corrected chi connectivity index (χ1v) is 7.13. The molecule has 4 nitrogen and oxygen atoms in total. The molecule has 4 heteroatoms. The van der Waals surface area contributed by atoms with Crippen LogP contribution in [-0.2, 0) is 0 Å². The summed E-state index contributed by atoms with van der Waals surface area (Å²) in [4.78, 5) is 12.4. The Labute approximate surface area is 129 Å². The van der Waals surface area contributed by atoms with Crippen molar-refractivity contribution in [1.82, 2.24) is 9.78 Å². The van der Waals surface area contributed by atoms with Gasteiger partial charge in [-0.15, -0.1) is 0 Å². The van der Waals surface area contributed by atoms with Gasteiger partial charge in [0.25, 0.3) is 5.91 Å². The zero-order valence-electron chi connectivity index (χ0n) is 12.6. The van der Waals surface area contributed by atoms with Gasteiger partial charge in [0, 0.05) is 17.4 Å².